The summed E-state index contributed by atoms with van der Waals surface area (Å²) in [5.74, 6) is 0. The Morgan fingerprint density at radius 3 is 2.36 bits per heavy atom. The Bertz CT molecular complexity index is 115. The first-order chi connectivity index (χ1) is 6.66. The van der Waals surface area contributed by atoms with Gasteiger partial charge < -0.3 is 10.1 Å². The molecular weight excluding hydrogens is 174 g/mol. The van der Waals surface area contributed by atoms with E-state index in [-0.39, 0.29) is 0 Å². The predicted molar refractivity (Wildman–Crippen MR) is 62.7 cm³/mol. The fourth-order valence-corrected chi connectivity index (χ4v) is 1.27. The van der Waals surface area contributed by atoms with Crippen LogP contribution in [0.2, 0.25) is 0 Å². The van der Waals surface area contributed by atoms with Gasteiger partial charge in [-0.05, 0) is 13.3 Å². The van der Waals surface area contributed by atoms with Gasteiger partial charge >= 0.3 is 0 Å². The van der Waals surface area contributed by atoms with Gasteiger partial charge in [0.25, 0.3) is 0 Å². The minimum Gasteiger partial charge on any atom is -0.377 e. The van der Waals surface area contributed by atoms with Crippen LogP contribution in [0.1, 0.15) is 53.4 Å². The molecule has 0 rings (SSSR count). The molecule has 2 heteroatoms. The summed E-state index contributed by atoms with van der Waals surface area (Å²) in [7, 11) is 0. The molecule has 0 aromatic carbocycles. The molecular formula is C12H27NO. The lowest BCUT2D eigenvalue weighted by Gasteiger charge is -2.15. The molecule has 1 N–H and O–H groups in total. The Morgan fingerprint density at radius 1 is 1.07 bits per heavy atom. The minimum atomic E-state index is 0.346. The molecule has 0 fully saturated rings. The fraction of sp³-hybridized carbons (Fsp3) is 1.00. The van der Waals surface area contributed by atoms with Crippen molar-refractivity contribution >= 4 is 0 Å². The van der Waals surface area contributed by atoms with Gasteiger partial charge in [0.1, 0.15) is 0 Å². The van der Waals surface area contributed by atoms with Crippen molar-refractivity contribution in [2.75, 3.05) is 13.2 Å². The first-order valence-corrected chi connectivity index (χ1v) is 6.01. The van der Waals surface area contributed by atoms with Crippen LogP contribution >= 0.6 is 0 Å². The van der Waals surface area contributed by atoms with Crippen LogP contribution in [-0.4, -0.2) is 25.3 Å². The van der Waals surface area contributed by atoms with E-state index in [0.717, 1.165) is 13.2 Å². The third-order valence-corrected chi connectivity index (χ3v) is 2.21. The average molecular weight is 201 g/mol. The maximum atomic E-state index is 5.68. The molecule has 0 spiro atoms. The van der Waals surface area contributed by atoms with E-state index in [1.807, 2.05) is 0 Å². The zero-order valence-corrected chi connectivity index (χ0v) is 10.3. The number of ether oxygens (including phenoxy) is 1. The molecule has 1 atom stereocenters. The Morgan fingerprint density at radius 2 is 1.79 bits per heavy atom. The molecule has 0 aliphatic rings. The lowest BCUT2D eigenvalue weighted by molar-refractivity contribution is 0.0618. The molecule has 14 heavy (non-hydrogen) atoms. The molecule has 0 aliphatic heterocycles. The number of hydrogen-bond donors (Lipinski definition) is 1. The minimum absolute atomic E-state index is 0.346. The summed E-state index contributed by atoms with van der Waals surface area (Å²) >= 11 is 0. The van der Waals surface area contributed by atoms with Crippen LogP contribution in [0.3, 0.4) is 0 Å². The van der Waals surface area contributed by atoms with Gasteiger partial charge in [-0.1, -0.05) is 40.0 Å². The molecule has 0 saturated heterocycles. The number of rotatable bonds is 9. The fourth-order valence-electron chi connectivity index (χ4n) is 1.27. The molecule has 1 unspecified atom stereocenters. The summed E-state index contributed by atoms with van der Waals surface area (Å²) in [6.45, 7) is 10.6. The molecule has 2 nitrogen and oxygen atoms in total. The van der Waals surface area contributed by atoms with Gasteiger partial charge in [0.15, 0.2) is 0 Å². The quantitative estimate of drug-likeness (QED) is 0.579. The number of hydrogen-bond acceptors (Lipinski definition) is 2. The smallest absolute Gasteiger partial charge is 0.0671 e. The zero-order valence-electron chi connectivity index (χ0n) is 10.3. The molecule has 0 aromatic rings. The number of nitrogens with one attached hydrogen (secondary N) is 1. The van der Waals surface area contributed by atoms with E-state index in [2.05, 4.69) is 33.0 Å². The van der Waals surface area contributed by atoms with Crippen LogP contribution in [-0.2, 0) is 4.74 Å². The molecule has 0 saturated carbocycles. The summed E-state index contributed by atoms with van der Waals surface area (Å²) in [4.78, 5) is 0. The largest absolute Gasteiger partial charge is 0.377 e. The van der Waals surface area contributed by atoms with Gasteiger partial charge in [0.05, 0.1) is 6.10 Å². The van der Waals surface area contributed by atoms with E-state index in [9.17, 15) is 0 Å². The lowest BCUT2D eigenvalue weighted by Crippen LogP contribution is -2.32. The van der Waals surface area contributed by atoms with Gasteiger partial charge in [-0.15, -0.1) is 0 Å². The molecule has 0 radical (unpaired) electrons. The molecule has 0 heterocycles. The average Bonchev–Trinajstić information content (AvgIpc) is 2.14. The molecule has 0 amide bonds. The third kappa shape index (κ3) is 10.0. The van der Waals surface area contributed by atoms with E-state index >= 15 is 0 Å². The highest BCUT2D eigenvalue weighted by molar-refractivity contribution is 4.58. The Hall–Kier alpha value is -0.0800. The van der Waals surface area contributed by atoms with Gasteiger partial charge in [-0.25, -0.2) is 0 Å². The van der Waals surface area contributed by atoms with Crippen LogP contribution < -0.4 is 5.32 Å². The Balaban J connectivity index is 3.14. The summed E-state index contributed by atoms with van der Waals surface area (Å²) in [6, 6.07) is 0.557. The molecule has 0 bridgehead atoms. The molecule has 0 aliphatic carbocycles. The van der Waals surface area contributed by atoms with Crippen LogP contribution in [0, 0.1) is 0 Å². The zero-order chi connectivity index (χ0) is 10.8. The highest BCUT2D eigenvalue weighted by Crippen LogP contribution is 2.00. The van der Waals surface area contributed by atoms with Crippen molar-refractivity contribution in [2.24, 2.45) is 0 Å². The second kappa shape index (κ2) is 9.47. The standard InChI is InChI=1S/C12H27NO/c1-5-6-7-8-9-14-12(4)10-13-11(2)3/h11-13H,5-10H2,1-4H3. The van der Waals surface area contributed by atoms with Crippen LogP contribution in [0.15, 0.2) is 0 Å². The van der Waals surface area contributed by atoms with Crippen molar-refractivity contribution in [3.05, 3.63) is 0 Å². The first kappa shape index (κ1) is 13.9. The summed E-state index contributed by atoms with van der Waals surface area (Å²) in [6.07, 6.45) is 5.49. The van der Waals surface area contributed by atoms with Crippen LogP contribution in [0.5, 0.6) is 0 Å². The van der Waals surface area contributed by atoms with Crippen molar-refractivity contribution in [1.29, 1.82) is 0 Å². The number of unbranched alkanes of at least 4 members (excludes halogenated alkanes) is 3. The van der Waals surface area contributed by atoms with Crippen LogP contribution in [0.25, 0.3) is 0 Å². The van der Waals surface area contributed by atoms with E-state index in [1.54, 1.807) is 0 Å². The van der Waals surface area contributed by atoms with Gasteiger partial charge in [-0.2, -0.15) is 0 Å². The van der Waals surface area contributed by atoms with E-state index < -0.39 is 0 Å². The second-order valence-electron chi connectivity index (χ2n) is 4.31. The van der Waals surface area contributed by atoms with Crippen molar-refractivity contribution in [1.82, 2.24) is 5.32 Å². The highest BCUT2D eigenvalue weighted by Gasteiger charge is 2.01. The summed E-state index contributed by atoms with van der Waals surface area (Å²) in [5, 5.41) is 3.37. The van der Waals surface area contributed by atoms with E-state index in [0.29, 0.717) is 12.1 Å². The third-order valence-electron chi connectivity index (χ3n) is 2.21. The van der Waals surface area contributed by atoms with Gasteiger partial charge in [0.2, 0.25) is 0 Å². The summed E-state index contributed by atoms with van der Waals surface area (Å²) < 4.78 is 5.68. The predicted octanol–water partition coefficient (Wildman–Crippen LogP) is 2.97. The second-order valence-corrected chi connectivity index (χ2v) is 4.31. The van der Waals surface area contributed by atoms with E-state index in [4.69, 9.17) is 4.74 Å². The van der Waals surface area contributed by atoms with Crippen molar-refractivity contribution in [3.8, 4) is 0 Å². The normalized spacial score (nSPS) is 13.5. The lowest BCUT2D eigenvalue weighted by atomic mass is 10.2. The maximum absolute atomic E-state index is 5.68. The maximum Gasteiger partial charge on any atom is 0.0671 e. The van der Waals surface area contributed by atoms with E-state index in [1.165, 1.54) is 25.7 Å². The van der Waals surface area contributed by atoms with Crippen molar-refractivity contribution in [2.45, 2.75) is 65.5 Å². The van der Waals surface area contributed by atoms with Crippen molar-refractivity contribution in [3.63, 3.8) is 0 Å². The summed E-state index contributed by atoms with van der Waals surface area (Å²) in [5.41, 5.74) is 0. The molecule has 0 aromatic heterocycles. The van der Waals surface area contributed by atoms with Crippen molar-refractivity contribution < 1.29 is 4.74 Å². The molecule has 86 valence electrons. The highest BCUT2D eigenvalue weighted by atomic mass is 16.5. The Labute approximate surface area is 89.4 Å². The SMILES string of the molecule is CCCCCCOC(C)CNC(C)C. The Kier molecular flexibility index (Phi) is 9.42. The monoisotopic (exact) mass is 201 g/mol. The van der Waals surface area contributed by atoms with Crippen LogP contribution in [0.4, 0.5) is 0 Å². The first-order valence-electron chi connectivity index (χ1n) is 6.01. The topological polar surface area (TPSA) is 21.3 Å². The van der Waals surface area contributed by atoms with Gasteiger partial charge in [-0.3, -0.25) is 0 Å². The van der Waals surface area contributed by atoms with Gasteiger partial charge in [0, 0.05) is 19.2 Å².